The van der Waals surface area contributed by atoms with Crippen LogP contribution in [0, 0.1) is 5.92 Å². The summed E-state index contributed by atoms with van der Waals surface area (Å²) in [5.74, 6) is 0.415. The molecular weight excluding hydrogens is 631 g/mol. The Morgan fingerprint density at radius 3 is 1.49 bits per heavy atom. The molecular formula is C45H85N3O3. The lowest BCUT2D eigenvalue weighted by atomic mass is 9.87. The molecule has 0 bridgehead atoms. The van der Waals surface area contributed by atoms with E-state index in [1.54, 1.807) is 0 Å². The number of rotatable bonds is 35. The van der Waals surface area contributed by atoms with E-state index < -0.39 is 0 Å². The zero-order valence-electron chi connectivity index (χ0n) is 34.4. The molecule has 1 unspecified atom stereocenters. The van der Waals surface area contributed by atoms with Crippen molar-refractivity contribution in [2.75, 3.05) is 66.0 Å². The molecule has 298 valence electrons. The molecule has 0 aromatic carbocycles. The molecule has 1 aliphatic heterocycles. The highest BCUT2D eigenvalue weighted by Gasteiger charge is 2.25. The van der Waals surface area contributed by atoms with Crippen LogP contribution in [-0.4, -0.2) is 97.9 Å². The van der Waals surface area contributed by atoms with E-state index in [1.165, 1.54) is 89.9 Å². The van der Waals surface area contributed by atoms with Gasteiger partial charge in [-0.3, -0.25) is 9.69 Å². The molecule has 1 saturated heterocycles. The van der Waals surface area contributed by atoms with E-state index in [4.69, 9.17) is 4.74 Å². The summed E-state index contributed by atoms with van der Waals surface area (Å²) in [5.41, 5.74) is 0. The van der Waals surface area contributed by atoms with Crippen molar-refractivity contribution < 1.29 is 14.6 Å². The van der Waals surface area contributed by atoms with Gasteiger partial charge in [-0.1, -0.05) is 95.8 Å². The molecule has 0 aliphatic carbocycles. The highest BCUT2D eigenvalue weighted by atomic mass is 16.5. The van der Waals surface area contributed by atoms with Crippen molar-refractivity contribution in [2.24, 2.45) is 5.92 Å². The molecule has 1 N–H and O–H groups in total. The minimum atomic E-state index is -0.0152. The third kappa shape index (κ3) is 28.7. The minimum absolute atomic E-state index is 0.0152. The Morgan fingerprint density at radius 2 is 1.04 bits per heavy atom. The maximum Gasteiger partial charge on any atom is 0.307 e. The molecule has 0 radical (unpaired) electrons. The molecule has 1 atom stereocenters. The summed E-state index contributed by atoms with van der Waals surface area (Å²) in [7, 11) is 2.14. The van der Waals surface area contributed by atoms with E-state index in [0.717, 1.165) is 104 Å². The molecule has 1 aliphatic rings. The summed E-state index contributed by atoms with van der Waals surface area (Å²) >= 11 is 0. The first-order valence-electron chi connectivity index (χ1n) is 21.9. The minimum Gasteiger partial charge on any atom is -0.462 e. The van der Waals surface area contributed by atoms with E-state index >= 15 is 0 Å². The van der Waals surface area contributed by atoms with Crippen molar-refractivity contribution in [3.8, 4) is 0 Å². The van der Waals surface area contributed by atoms with Crippen molar-refractivity contribution in [1.82, 2.24) is 14.7 Å². The van der Waals surface area contributed by atoms with Gasteiger partial charge in [-0.2, -0.15) is 0 Å². The molecule has 0 saturated carbocycles. The Labute approximate surface area is 317 Å². The summed E-state index contributed by atoms with van der Waals surface area (Å²) in [4.78, 5) is 20.6. The number of hydrogen-bond donors (Lipinski definition) is 1. The van der Waals surface area contributed by atoms with Gasteiger partial charge in [0.2, 0.25) is 0 Å². The number of allylic oxidation sites excluding steroid dienone is 6. The molecule has 1 fully saturated rings. The first kappa shape index (κ1) is 47.6. The molecule has 51 heavy (non-hydrogen) atoms. The molecule has 0 aromatic heterocycles. The number of ether oxygens (including phenoxy) is 1. The lowest BCUT2D eigenvalue weighted by Gasteiger charge is -2.34. The van der Waals surface area contributed by atoms with E-state index in [9.17, 15) is 9.90 Å². The first-order valence-corrected chi connectivity index (χ1v) is 21.9. The van der Waals surface area contributed by atoms with Gasteiger partial charge in [0.1, 0.15) is 6.10 Å². The topological polar surface area (TPSA) is 56.2 Å². The highest BCUT2D eigenvalue weighted by molar-refractivity contribution is 5.69. The molecule has 0 spiro atoms. The molecule has 0 aromatic rings. The summed E-state index contributed by atoms with van der Waals surface area (Å²) in [6.07, 6.45) is 41.1. The quantitative estimate of drug-likeness (QED) is 0.0400. The molecule has 0 amide bonds. The first-order chi connectivity index (χ1) is 25.0. The average molecular weight is 716 g/mol. The van der Waals surface area contributed by atoms with Gasteiger partial charge in [-0.25, -0.2) is 0 Å². The van der Waals surface area contributed by atoms with Gasteiger partial charge in [-0.05, 0) is 129 Å². The van der Waals surface area contributed by atoms with Gasteiger partial charge in [-0.15, -0.1) is 0 Å². The maximum absolute atomic E-state index is 13.4. The largest absolute Gasteiger partial charge is 0.462 e. The lowest BCUT2D eigenvalue weighted by Crippen LogP contribution is -2.47. The monoisotopic (exact) mass is 716 g/mol. The van der Waals surface area contributed by atoms with Crippen LogP contribution in [0.3, 0.4) is 0 Å². The van der Waals surface area contributed by atoms with Gasteiger partial charge in [0.15, 0.2) is 0 Å². The number of unbranched alkanes of at least 4 members (excludes halogenated alkanes) is 12. The van der Waals surface area contributed by atoms with Gasteiger partial charge >= 0.3 is 5.97 Å². The number of aliphatic hydroxyl groups is 1. The fourth-order valence-electron chi connectivity index (χ4n) is 7.15. The van der Waals surface area contributed by atoms with Crippen LogP contribution in [0.1, 0.15) is 168 Å². The molecule has 6 nitrogen and oxygen atoms in total. The third-order valence-corrected chi connectivity index (χ3v) is 10.6. The zero-order valence-corrected chi connectivity index (χ0v) is 34.4. The number of β-amino-alcohol motifs (C(OH)–C–C–N with tert-alkyl or cyclic N) is 1. The number of aliphatic hydroxyl groups excluding tert-OH is 1. The number of esters is 1. The van der Waals surface area contributed by atoms with Gasteiger partial charge in [0.05, 0.1) is 13.0 Å². The Morgan fingerprint density at radius 1 is 0.608 bits per heavy atom. The number of piperazine rings is 1. The fraction of sp³-hybridized carbons (Fsp3) is 0.844. The Balaban J connectivity index is 2.72. The predicted molar refractivity (Wildman–Crippen MR) is 221 cm³/mol. The number of carbonyl (C=O) groups is 1. The zero-order chi connectivity index (χ0) is 37.0. The molecule has 1 rings (SSSR count). The summed E-state index contributed by atoms with van der Waals surface area (Å²) in [5, 5.41) is 9.20. The van der Waals surface area contributed by atoms with Crippen LogP contribution in [0.5, 0.6) is 0 Å². The van der Waals surface area contributed by atoms with Crippen LogP contribution >= 0.6 is 0 Å². The second-order valence-electron chi connectivity index (χ2n) is 15.3. The second-order valence-corrected chi connectivity index (χ2v) is 15.3. The van der Waals surface area contributed by atoms with E-state index in [1.807, 2.05) is 0 Å². The smallest absolute Gasteiger partial charge is 0.307 e. The Kier molecular flexibility index (Phi) is 33.1. The maximum atomic E-state index is 13.4. The average Bonchev–Trinajstić information content (AvgIpc) is 3.13. The Bertz CT molecular complexity index is 826. The number of carbonyl (C=O) groups excluding carboxylic acids is 1. The summed E-state index contributed by atoms with van der Waals surface area (Å²) in [6.45, 7) is 14.9. The van der Waals surface area contributed by atoms with Crippen molar-refractivity contribution in [2.45, 2.75) is 175 Å². The molecule has 1 heterocycles. The van der Waals surface area contributed by atoms with Crippen molar-refractivity contribution in [3.63, 3.8) is 0 Å². The normalized spacial score (nSPS) is 15.4. The van der Waals surface area contributed by atoms with Crippen LogP contribution in [-0.2, 0) is 9.53 Å². The predicted octanol–water partition coefficient (Wildman–Crippen LogP) is 10.8. The standard InChI is InChI=1S/C45H85N3O3/c1-5-8-11-14-17-20-23-26-30-43(31-27-24-21-18-15-12-9-6-2)44(32-28-25-22-19-16-13-10-7-3)51-45(50)33-36-46(4)34-29-35-47-37-39-48(40-38-47)41-42-49/h17-22,43-44,49H,5-16,23-42H2,1-4H3/b20-17-,21-18-,22-19-. The molecule has 6 heteroatoms. The van der Waals surface area contributed by atoms with Crippen molar-refractivity contribution >= 4 is 5.97 Å². The van der Waals surface area contributed by atoms with Crippen LogP contribution < -0.4 is 0 Å². The van der Waals surface area contributed by atoms with Crippen LogP contribution in [0.2, 0.25) is 0 Å². The summed E-state index contributed by atoms with van der Waals surface area (Å²) in [6, 6.07) is 0. The van der Waals surface area contributed by atoms with Crippen molar-refractivity contribution in [1.29, 1.82) is 0 Å². The van der Waals surface area contributed by atoms with Gasteiger partial charge in [0, 0.05) is 39.3 Å². The van der Waals surface area contributed by atoms with E-state index in [2.05, 4.69) is 79.0 Å². The van der Waals surface area contributed by atoms with Crippen molar-refractivity contribution in [3.05, 3.63) is 36.5 Å². The van der Waals surface area contributed by atoms with Crippen LogP contribution in [0.15, 0.2) is 36.5 Å². The summed E-state index contributed by atoms with van der Waals surface area (Å²) < 4.78 is 6.44. The SMILES string of the molecule is CCCCC/C=C\CCCC(CCC/C=C\CCCCC)C(CCC/C=C\CCCCC)OC(=O)CCN(C)CCCN1CCN(CCO)CC1. The van der Waals surface area contributed by atoms with Gasteiger partial charge < -0.3 is 19.6 Å². The highest BCUT2D eigenvalue weighted by Crippen LogP contribution is 2.27. The fourth-order valence-corrected chi connectivity index (χ4v) is 7.15. The second kappa shape index (κ2) is 35.6. The Hall–Kier alpha value is -1.47. The lowest BCUT2D eigenvalue weighted by molar-refractivity contribution is -0.153. The van der Waals surface area contributed by atoms with Gasteiger partial charge in [0.25, 0.3) is 0 Å². The van der Waals surface area contributed by atoms with E-state index in [0.29, 0.717) is 12.3 Å². The third-order valence-electron chi connectivity index (χ3n) is 10.6. The van der Waals surface area contributed by atoms with Crippen LogP contribution in [0.25, 0.3) is 0 Å². The number of hydrogen-bond acceptors (Lipinski definition) is 6. The number of nitrogens with zero attached hydrogens (tertiary/aromatic N) is 3. The van der Waals surface area contributed by atoms with E-state index in [-0.39, 0.29) is 18.7 Å². The van der Waals surface area contributed by atoms with Crippen LogP contribution in [0.4, 0.5) is 0 Å².